The van der Waals surface area contributed by atoms with Crippen molar-refractivity contribution in [3.05, 3.63) is 75.7 Å². The molecule has 0 aliphatic carbocycles. The van der Waals surface area contributed by atoms with Gasteiger partial charge in [-0.25, -0.2) is 4.98 Å². The first-order valence-corrected chi connectivity index (χ1v) is 12.2. The number of rotatable bonds is 4. The average molecular weight is 490 g/mol. The lowest BCUT2D eigenvalue weighted by molar-refractivity contribution is 0.0626. The van der Waals surface area contributed by atoms with Gasteiger partial charge in [-0.05, 0) is 30.7 Å². The van der Waals surface area contributed by atoms with Gasteiger partial charge in [0.1, 0.15) is 5.01 Å². The van der Waals surface area contributed by atoms with E-state index in [0.29, 0.717) is 60.4 Å². The van der Waals surface area contributed by atoms with Gasteiger partial charge in [-0.3, -0.25) is 14.5 Å². The van der Waals surface area contributed by atoms with Gasteiger partial charge in [-0.1, -0.05) is 35.6 Å². The number of hydrogen-bond donors (Lipinski definition) is 0. The number of piperazine rings is 1. The average Bonchev–Trinajstić information content (AvgIpc) is 3.51. The highest BCUT2D eigenvalue weighted by atomic mass is 32.1. The van der Waals surface area contributed by atoms with Crippen LogP contribution >= 0.6 is 11.3 Å². The molecule has 1 saturated heterocycles. The number of fused-ring (bicyclic) bond motifs is 2. The monoisotopic (exact) mass is 489 g/mol. The van der Waals surface area contributed by atoms with Crippen molar-refractivity contribution in [2.24, 2.45) is 0 Å². The Kier molecular flexibility index (Phi) is 5.46. The first kappa shape index (κ1) is 21.8. The lowest BCUT2D eigenvalue weighted by Crippen LogP contribution is -2.48. The van der Waals surface area contributed by atoms with Crippen molar-refractivity contribution < 1.29 is 14.3 Å². The zero-order valence-electron chi connectivity index (χ0n) is 19.1. The number of aromatic nitrogens is 3. The van der Waals surface area contributed by atoms with Crippen LogP contribution in [0.4, 0.5) is 0 Å². The molecule has 2 aliphatic rings. The van der Waals surface area contributed by atoms with Crippen LogP contribution in [-0.4, -0.2) is 63.3 Å². The van der Waals surface area contributed by atoms with Crippen molar-refractivity contribution in [1.82, 2.24) is 24.4 Å². The van der Waals surface area contributed by atoms with Gasteiger partial charge in [0.15, 0.2) is 11.5 Å². The van der Waals surface area contributed by atoms with Crippen LogP contribution < -0.4 is 15.0 Å². The van der Waals surface area contributed by atoms with Gasteiger partial charge in [0, 0.05) is 49.9 Å². The van der Waals surface area contributed by atoms with Crippen LogP contribution in [0.5, 0.6) is 11.5 Å². The molecule has 1 amide bonds. The van der Waals surface area contributed by atoms with Crippen molar-refractivity contribution in [3.8, 4) is 22.1 Å². The van der Waals surface area contributed by atoms with Gasteiger partial charge < -0.3 is 14.4 Å². The number of carbonyl (C=O) groups is 1. The molecule has 4 aromatic rings. The highest BCUT2D eigenvalue weighted by molar-refractivity contribution is 7.19. The van der Waals surface area contributed by atoms with E-state index >= 15 is 0 Å². The fourth-order valence-corrected chi connectivity index (χ4v) is 5.42. The number of ether oxygens (including phenoxy) is 2. The summed E-state index contributed by atoms with van der Waals surface area (Å²) < 4.78 is 12.1. The van der Waals surface area contributed by atoms with Crippen LogP contribution in [0.2, 0.25) is 0 Å². The van der Waals surface area contributed by atoms with E-state index in [1.807, 2.05) is 36.1 Å². The highest BCUT2D eigenvalue weighted by Gasteiger charge is 2.25. The Hall–Kier alpha value is -3.76. The van der Waals surface area contributed by atoms with Crippen molar-refractivity contribution in [2.75, 3.05) is 33.0 Å². The summed E-state index contributed by atoms with van der Waals surface area (Å²) in [6.07, 6.45) is 0. The smallest absolute Gasteiger partial charge is 0.275 e. The third-order valence-electron chi connectivity index (χ3n) is 6.34. The lowest BCUT2D eigenvalue weighted by atomic mass is 10.1. The Morgan fingerprint density at radius 3 is 2.66 bits per heavy atom. The summed E-state index contributed by atoms with van der Waals surface area (Å²) >= 11 is 1.42. The van der Waals surface area contributed by atoms with Crippen molar-refractivity contribution in [1.29, 1.82) is 0 Å². The summed E-state index contributed by atoms with van der Waals surface area (Å²) in [5, 5.41) is 5.27. The fraction of sp³-hybridized carbons (Fsp3) is 0.280. The summed E-state index contributed by atoms with van der Waals surface area (Å²) in [4.78, 5) is 35.0. The molecule has 0 bridgehead atoms. The third kappa shape index (κ3) is 4.15. The van der Waals surface area contributed by atoms with E-state index in [-0.39, 0.29) is 18.3 Å². The van der Waals surface area contributed by atoms with Crippen LogP contribution in [0.1, 0.15) is 21.6 Å². The van der Waals surface area contributed by atoms with Gasteiger partial charge in [0.25, 0.3) is 11.5 Å². The minimum absolute atomic E-state index is 0.0193. The Labute approximate surface area is 205 Å². The second-order valence-corrected chi connectivity index (χ2v) is 9.59. The van der Waals surface area contributed by atoms with Crippen LogP contribution in [0.3, 0.4) is 0 Å². The number of benzene rings is 2. The van der Waals surface area contributed by atoms with Gasteiger partial charge >= 0.3 is 0 Å². The van der Waals surface area contributed by atoms with Crippen LogP contribution in [0.15, 0.2) is 53.3 Å². The molecule has 1 fully saturated rings. The maximum Gasteiger partial charge on any atom is 0.275 e. The van der Waals surface area contributed by atoms with Crippen LogP contribution in [0, 0.1) is 6.92 Å². The standard InChI is InChI=1S/C25H23N5O4S/c1-16-4-2-3-5-19(16)23-27-30-22(31)13-18(26-25(30)35-23)14-28-8-10-29(11-9-28)24(32)17-6-7-20-21(12-17)34-15-33-20/h2-7,12-13H,8-11,14-15H2,1H3. The molecule has 2 aromatic heterocycles. The lowest BCUT2D eigenvalue weighted by Gasteiger charge is -2.34. The van der Waals surface area contributed by atoms with Gasteiger partial charge in [0.05, 0.1) is 5.69 Å². The molecule has 0 atom stereocenters. The summed E-state index contributed by atoms with van der Waals surface area (Å²) in [5.41, 5.74) is 3.24. The molecular formula is C25H23N5O4S. The molecule has 6 rings (SSSR count). The first-order chi connectivity index (χ1) is 17.0. The minimum atomic E-state index is -0.183. The van der Waals surface area contributed by atoms with E-state index < -0.39 is 0 Å². The number of amides is 1. The van der Waals surface area contributed by atoms with Crippen LogP contribution in [0.25, 0.3) is 15.5 Å². The minimum Gasteiger partial charge on any atom is -0.454 e. The van der Waals surface area contributed by atoms with Gasteiger partial charge in [0.2, 0.25) is 11.8 Å². The maximum absolute atomic E-state index is 12.9. The summed E-state index contributed by atoms with van der Waals surface area (Å²) in [6.45, 7) is 5.38. The fourth-order valence-electron chi connectivity index (χ4n) is 4.41. The Morgan fingerprint density at radius 1 is 1.03 bits per heavy atom. The largest absolute Gasteiger partial charge is 0.454 e. The zero-order chi connectivity index (χ0) is 23.9. The second-order valence-electron chi connectivity index (χ2n) is 8.64. The van der Waals surface area contributed by atoms with E-state index in [9.17, 15) is 9.59 Å². The van der Waals surface area contributed by atoms with E-state index in [2.05, 4.69) is 10.00 Å². The molecule has 0 radical (unpaired) electrons. The Bertz CT molecular complexity index is 1490. The van der Waals surface area contributed by atoms with Gasteiger partial charge in [-0.2, -0.15) is 9.61 Å². The summed E-state index contributed by atoms with van der Waals surface area (Å²) in [7, 11) is 0. The van der Waals surface area contributed by atoms with Gasteiger partial charge in [-0.15, -0.1) is 0 Å². The SMILES string of the molecule is Cc1ccccc1-c1nn2c(=O)cc(CN3CCN(C(=O)c4ccc5c(c4)OCO5)CC3)nc2s1. The zero-order valence-corrected chi connectivity index (χ0v) is 20.0. The number of aryl methyl sites for hydroxylation is 1. The predicted molar refractivity (Wildman–Crippen MR) is 131 cm³/mol. The van der Waals surface area contributed by atoms with Crippen molar-refractivity contribution >= 4 is 22.2 Å². The molecule has 10 heteroatoms. The normalized spacial score (nSPS) is 15.6. The molecule has 178 valence electrons. The molecule has 2 aromatic carbocycles. The Balaban J connectivity index is 1.14. The molecule has 0 saturated carbocycles. The summed E-state index contributed by atoms with van der Waals surface area (Å²) in [6, 6.07) is 14.8. The molecular weight excluding hydrogens is 466 g/mol. The highest BCUT2D eigenvalue weighted by Crippen LogP contribution is 2.33. The van der Waals surface area contributed by atoms with Crippen LogP contribution in [-0.2, 0) is 6.54 Å². The van der Waals surface area contributed by atoms with E-state index in [4.69, 9.17) is 14.5 Å². The number of nitrogens with zero attached hydrogens (tertiary/aromatic N) is 5. The number of hydrogen-bond acceptors (Lipinski definition) is 8. The molecule has 0 spiro atoms. The third-order valence-corrected chi connectivity index (χ3v) is 7.28. The molecule has 2 aliphatic heterocycles. The van der Waals surface area contributed by atoms with Crippen molar-refractivity contribution in [2.45, 2.75) is 13.5 Å². The first-order valence-electron chi connectivity index (χ1n) is 11.4. The number of carbonyl (C=O) groups excluding carboxylic acids is 1. The van der Waals surface area contributed by atoms with Crippen molar-refractivity contribution in [3.63, 3.8) is 0 Å². The molecule has 4 heterocycles. The summed E-state index contributed by atoms with van der Waals surface area (Å²) in [5.74, 6) is 1.25. The Morgan fingerprint density at radius 2 is 1.83 bits per heavy atom. The van der Waals surface area contributed by atoms with E-state index in [1.54, 1.807) is 24.3 Å². The molecule has 0 N–H and O–H groups in total. The van der Waals surface area contributed by atoms with E-state index in [0.717, 1.165) is 16.1 Å². The molecule has 0 unspecified atom stereocenters. The predicted octanol–water partition coefficient (Wildman–Crippen LogP) is 2.81. The quantitative estimate of drug-likeness (QED) is 0.436. The molecule has 9 nitrogen and oxygen atoms in total. The second kappa shape index (κ2) is 8.79. The van der Waals surface area contributed by atoms with E-state index in [1.165, 1.54) is 15.9 Å². The maximum atomic E-state index is 12.9. The molecule has 35 heavy (non-hydrogen) atoms. The topological polar surface area (TPSA) is 89.3 Å².